The van der Waals surface area contributed by atoms with Crippen LogP contribution in [-0.4, -0.2) is 59.8 Å². The van der Waals surface area contributed by atoms with E-state index in [4.69, 9.17) is 24.8 Å². The Hall–Kier alpha value is -1.44. The molecule has 0 amide bonds. The fourth-order valence-corrected chi connectivity index (χ4v) is 0.924. The van der Waals surface area contributed by atoms with Gasteiger partial charge in [0.25, 0.3) is 0 Å². The molecule has 0 aromatic heterocycles. The van der Waals surface area contributed by atoms with E-state index >= 15 is 0 Å². The predicted molar refractivity (Wildman–Crippen MR) is 81.1 cm³/mol. The number of aliphatic hydroxyl groups excluding tert-OH is 3. The van der Waals surface area contributed by atoms with Crippen LogP contribution in [0.25, 0.3) is 0 Å². The van der Waals surface area contributed by atoms with Crippen molar-refractivity contribution >= 4 is 11.9 Å². The van der Waals surface area contributed by atoms with E-state index in [9.17, 15) is 9.59 Å². The molecule has 0 unspecified atom stereocenters. The lowest BCUT2D eigenvalue weighted by Crippen LogP contribution is -2.15. The van der Waals surface area contributed by atoms with E-state index in [0.717, 1.165) is 37.8 Å². The fourth-order valence-electron chi connectivity index (χ4n) is 0.924. The standard InChI is InChI=1S/C12H20O4.C3H8O3/c1-3-5-9-15-11(13)7-8-12(14)16-10-6-4-2;4-1-3(6)2-5/h7-8H,3-6,9-10H2,1-2H3;3-6H,1-2H2. The van der Waals surface area contributed by atoms with Crippen LogP contribution in [0, 0.1) is 0 Å². The largest absolute Gasteiger partial charge is 0.463 e. The van der Waals surface area contributed by atoms with Gasteiger partial charge in [0.15, 0.2) is 0 Å². The number of carbonyl (C=O) groups is 2. The summed E-state index contributed by atoms with van der Waals surface area (Å²) >= 11 is 0. The Labute approximate surface area is 131 Å². The Bertz CT molecular complexity index is 274. The summed E-state index contributed by atoms with van der Waals surface area (Å²) in [6, 6.07) is 0. The Balaban J connectivity index is 0. The second kappa shape index (κ2) is 17.6. The van der Waals surface area contributed by atoms with Crippen LogP contribution in [0.3, 0.4) is 0 Å². The van der Waals surface area contributed by atoms with Crippen LogP contribution in [-0.2, 0) is 19.1 Å². The maximum absolute atomic E-state index is 11.0. The molecule has 0 atom stereocenters. The van der Waals surface area contributed by atoms with Gasteiger partial charge in [0.1, 0.15) is 6.10 Å². The minimum atomic E-state index is -0.954. The summed E-state index contributed by atoms with van der Waals surface area (Å²) in [4.78, 5) is 22.1. The van der Waals surface area contributed by atoms with E-state index in [2.05, 4.69) is 0 Å². The SMILES string of the molecule is CCCCOC(=O)C=CC(=O)OCCCC.OCC(O)CO. The number of carbonyl (C=O) groups excluding carboxylic acids is 2. The average molecular weight is 320 g/mol. The molecule has 0 heterocycles. The van der Waals surface area contributed by atoms with Crippen molar-refractivity contribution in [3.8, 4) is 0 Å². The first-order valence-corrected chi connectivity index (χ1v) is 7.43. The van der Waals surface area contributed by atoms with E-state index in [1.807, 2.05) is 13.8 Å². The Kier molecular flexibility index (Phi) is 18.3. The monoisotopic (exact) mass is 320 g/mol. The van der Waals surface area contributed by atoms with E-state index in [1.54, 1.807) is 0 Å². The molecular weight excluding hydrogens is 292 g/mol. The van der Waals surface area contributed by atoms with Crippen LogP contribution in [0.5, 0.6) is 0 Å². The summed E-state index contributed by atoms with van der Waals surface area (Å²) in [5.74, 6) is -0.998. The molecule has 0 saturated heterocycles. The normalized spacial score (nSPS) is 10.3. The molecule has 0 aromatic carbocycles. The van der Waals surface area contributed by atoms with Gasteiger partial charge in [0.2, 0.25) is 0 Å². The molecule has 0 aliphatic rings. The summed E-state index contributed by atoms with van der Waals surface area (Å²) in [5, 5.41) is 24.0. The van der Waals surface area contributed by atoms with E-state index in [1.165, 1.54) is 0 Å². The third-order valence-electron chi connectivity index (χ3n) is 2.26. The zero-order chi connectivity index (χ0) is 17.2. The molecule has 0 bridgehead atoms. The number of rotatable bonds is 10. The maximum atomic E-state index is 11.0. The number of ether oxygens (including phenoxy) is 2. The molecule has 7 heteroatoms. The summed E-state index contributed by atoms with van der Waals surface area (Å²) in [7, 11) is 0. The summed E-state index contributed by atoms with van der Waals surface area (Å²) in [6.07, 6.45) is 4.85. The molecule has 130 valence electrons. The zero-order valence-electron chi connectivity index (χ0n) is 13.4. The van der Waals surface area contributed by atoms with Crippen molar-refractivity contribution < 1.29 is 34.4 Å². The lowest BCUT2D eigenvalue weighted by molar-refractivity contribution is -0.140. The van der Waals surface area contributed by atoms with Crippen molar-refractivity contribution in [2.45, 2.75) is 45.6 Å². The molecule has 0 aliphatic carbocycles. The highest BCUT2D eigenvalue weighted by molar-refractivity contribution is 5.91. The van der Waals surface area contributed by atoms with Gasteiger partial charge in [0, 0.05) is 12.2 Å². The van der Waals surface area contributed by atoms with Crippen LogP contribution in [0.15, 0.2) is 12.2 Å². The maximum Gasteiger partial charge on any atom is 0.331 e. The smallest absolute Gasteiger partial charge is 0.331 e. The number of unbranched alkanes of at least 4 members (excludes halogenated alkanes) is 2. The van der Waals surface area contributed by atoms with Crippen molar-refractivity contribution in [3.63, 3.8) is 0 Å². The molecule has 0 fully saturated rings. The summed E-state index contributed by atoms with van der Waals surface area (Å²) < 4.78 is 9.65. The summed E-state index contributed by atoms with van der Waals surface area (Å²) in [5.41, 5.74) is 0. The zero-order valence-corrected chi connectivity index (χ0v) is 13.4. The van der Waals surface area contributed by atoms with Crippen LogP contribution in [0.4, 0.5) is 0 Å². The first-order chi connectivity index (χ1) is 10.5. The quantitative estimate of drug-likeness (QED) is 0.306. The highest BCUT2D eigenvalue weighted by Gasteiger charge is 2.00. The Morgan fingerprint density at radius 3 is 1.50 bits per heavy atom. The second-order valence-electron chi connectivity index (χ2n) is 4.39. The first kappa shape index (κ1) is 22.8. The minimum Gasteiger partial charge on any atom is -0.463 e. The van der Waals surface area contributed by atoms with Gasteiger partial charge in [-0.05, 0) is 12.8 Å². The van der Waals surface area contributed by atoms with Crippen molar-refractivity contribution in [1.29, 1.82) is 0 Å². The summed E-state index contributed by atoms with van der Waals surface area (Å²) in [6.45, 7) is 4.08. The molecule has 22 heavy (non-hydrogen) atoms. The molecular formula is C15H28O7. The number of hydrogen-bond acceptors (Lipinski definition) is 7. The van der Waals surface area contributed by atoms with Crippen LogP contribution in [0.2, 0.25) is 0 Å². The van der Waals surface area contributed by atoms with Gasteiger partial charge >= 0.3 is 11.9 Å². The van der Waals surface area contributed by atoms with Gasteiger partial charge in [-0.15, -0.1) is 0 Å². The molecule has 7 nitrogen and oxygen atoms in total. The topological polar surface area (TPSA) is 113 Å². The molecule has 0 radical (unpaired) electrons. The fraction of sp³-hybridized carbons (Fsp3) is 0.733. The van der Waals surface area contributed by atoms with Crippen molar-refractivity contribution in [1.82, 2.24) is 0 Å². The number of hydrogen-bond donors (Lipinski definition) is 3. The third kappa shape index (κ3) is 18.6. The van der Waals surface area contributed by atoms with Crippen molar-refractivity contribution in [3.05, 3.63) is 12.2 Å². The van der Waals surface area contributed by atoms with Crippen LogP contribution >= 0.6 is 0 Å². The second-order valence-corrected chi connectivity index (χ2v) is 4.39. The number of aliphatic hydroxyl groups is 3. The average Bonchev–Trinajstić information content (AvgIpc) is 2.53. The van der Waals surface area contributed by atoms with Gasteiger partial charge in [0.05, 0.1) is 26.4 Å². The lowest BCUT2D eigenvalue weighted by Gasteiger charge is -2.00. The van der Waals surface area contributed by atoms with E-state index < -0.39 is 18.0 Å². The molecule has 0 spiro atoms. The first-order valence-electron chi connectivity index (χ1n) is 7.43. The molecule has 0 aliphatic heterocycles. The van der Waals surface area contributed by atoms with Crippen molar-refractivity contribution in [2.75, 3.05) is 26.4 Å². The minimum absolute atomic E-state index is 0.365. The van der Waals surface area contributed by atoms with Crippen LogP contribution < -0.4 is 0 Å². The van der Waals surface area contributed by atoms with E-state index in [-0.39, 0.29) is 13.2 Å². The number of esters is 2. The lowest BCUT2D eigenvalue weighted by atomic mass is 10.4. The van der Waals surface area contributed by atoms with Gasteiger partial charge in [-0.2, -0.15) is 0 Å². The molecule has 3 N–H and O–H groups in total. The Morgan fingerprint density at radius 2 is 1.27 bits per heavy atom. The van der Waals surface area contributed by atoms with E-state index in [0.29, 0.717) is 13.2 Å². The van der Waals surface area contributed by atoms with Crippen LogP contribution in [0.1, 0.15) is 39.5 Å². The highest BCUT2D eigenvalue weighted by atomic mass is 16.5. The highest BCUT2D eigenvalue weighted by Crippen LogP contribution is 1.92. The van der Waals surface area contributed by atoms with Gasteiger partial charge < -0.3 is 24.8 Å². The third-order valence-corrected chi connectivity index (χ3v) is 2.26. The van der Waals surface area contributed by atoms with Gasteiger partial charge in [-0.25, -0.2) is 9.59 Å². The molecule has 0 rings (SSSR count). The molecule has 0 aromatic rings. The predicted octanol–water partition coefficient (Wildman–Crippen LogP) is 0.561. The molecule has 0 saturated carbocycles. The Morgan fingerprint density at radius 1 is 0.909 bits per heavy atom. The van der Waals surface area contributed by atoms with Gasteiger partial charge in [-0.1, -0.05) is 26.7 Å². The van der Waals surface area contributed by atoms with Gasteiger partial charge in [-0.3, -0.25) is 0 Å². The van der Waals surface area contributed by atoms with Crippen molar-refractivity contribution in [2.24, 2.45) is 0 Å².